The number of nitrogens with two attached hydrogens (primary N) is 1. The number of anilines is 1. The Morgan fingerprint density at radius 2 is 2.03 bits per heavy atom. The lowest BCUT2D eigenvalue weighted by molar-refractivity contribution is -0.120. The lowest BCUT2D eigenvalue weighted by Gasteiger charge is -2.31. The molecule has 2 aromatic rings. The Balaban J connectivity index is 2.02. The summed E-state index contributed by atoms with van der Waals surface area (Å²) in [6, 6.07) is 11.5. The Kier molecular flexibility index (Phi) is 6.96. The number of rotatable bonds is 6. The first-order valence-corrected chi connectivity index (χ1v) is 10.4. The van der Waals surface area contributed by atoms with Gasteiger partial charge in [0.2, 0.25) is 0 Å². The summed E-state index contributed by atoms with van der Waals surface area (Å²) >= 11 is 14.9. The van der Waals surface area contributed by atoms with E-state index in [0.29, 0.717) is 38.4 Å². The van der Waals surface area contributed by atoms with E-state index < -0.39 is 11.9 Å². The molecule has 0 radical (unpaired) electrons. The van der Waals surface area contributed by atoms with Gasteiger partial charge in [0.1, 0.15) is 5.75 Å². The maximum atomic E-state index is 13.2. The molecule has 0 bridgehead atoms. The Labute approximate surface area is 192 Å². The second kappa shape index (κ2) is 9.46. The molecule has 1 unspecified atom stereocenters. The molecule has 1 aliphatic rings. The highest BCUT2D eigenvalue weighted by Gasteiger charge is 2.32. The molecule has 10 heteroatoms. The van der Waals surface area contributed by atoms with Crippen LogP contribution < -0.4 is 26.4 Å². The number of nitrogens with one attached hydrogen (secondary N) is 3. The summed E-state index contributed by atoms with van der Waals surface area (Å²) in [6.07, 6.45) is 0. The van der Waals surface area contributed by atoms with Gasteiger partial charge >= 0.3 is 0 Å². The molecule has 0 saturated heterocycles. The van der Waals surface area contributed by atoms with Crippen LogP contribution in [0, 0.1) is 0 Å². The molecule has 3 rings (SSSR count). The van der Waals surface area contributed by atoms with Crippen LogP contribution in [0.4, 0.5) is 5.69 Å². The monoisotopic (exact) mass is 508 g/mol. The zero-order valence-electron chi connectivity index (χ0n) is 15.8. The molecular weight excluding hydrogens is 492 g/mol. The normalized spacial score (nSPS) is 15.8. The van der Waals surface area contributed by atoms with E-state index in [1.165, 1.54) is 0 Å². The summed E-state index contributed by atoms with van der Waals surface area (Å²) in [6.45, 7) is 1.46. The van der Waals surface area contributed by atoms with E-state index in [9.17, 15) is 9.59 Å². The number of carbonyl (C=O) groups excluding carboxylic acids is 2. The molecule has 2 aromatic carbocycles. The molecule has 0 aromatic heterocycles. The summed E-state index contributed by atoms with van der Waals surface area (Å²) in [5.74, 6) is -0.579. The Bertz CT molecular complexity index is 1060. The third kappa shape index (κ3) is 5.10. The summed E-state index contributed by atoms with van der Waals surface area (Å²) in [4.78, 5) is 24.4. The van der Waals surface area contributed by atoms with Gasteiger partial charge in [-0.15, -0.1) is 0 Å². The average molecular weight is 510 g/mol. The first-order chi connectivity index (χ1) is 14.3. The third-order valence-corrected chi connectivity index (χ3v) is 5.33. The predicted molar refractivity (Wildman–Crippen MR) is 123 cm³/mol. The van der Waals surface area contributed by atoms with E-state index in [2.05, 4.69) is 31.9 Å². The molecule has 156 valence electrons. The van der Waals surface area contributed by atoms with Crippen LogP contribution in [-0.2, 0) is 9.59 Å². The lowest BCUT2D eigenvalue weighted by Crippen LogP contribution is -2.46. The van der Waals surface area contributed by atoms with Crippen molar-refractivity contribution >= 4 is 62.4 Å². The SMILES string of the molecule is CC1=C(C(=O)Nc2ccccc2Cl)C(c2cc(Br)ccc2OCC(N)=O)NC(=S)N1. The third-order valence-electron chi connectivity index (χ3n) is 4.29. The largest absolute Gasteiger partial charge is 0.483 e. The molecule has 5 N–H and O–H groups in total. The number of thiocarbonyl (C=S) groups is 1. The molecule has 0 fully saturated rings. The molecule has 1 aliphatic heterocycles. The predicted octanol–water partition coefficient (Wildman–Crippen LogP) is 3.40. The van der Waals surface area contributed by atoms with Gasteiger partial charge in [0, 0.05) is 15.7 Å². The van der Waals surface area contributed by atoms with Crippen molar-refractivity contribution in [2.75, 3.05) is 11.9 Å². The fraction of sp³-hybridized carbons (Fsp3) is 0.150. The first-order valence-electron chi connectivity index (χ1n) is 8.81. The van der Waals surface area contributed by atoms with E-state index in [-0.39, 0.29) is 12.5 Å². The molecule has 2 amide bonds. The zero-order valence-corrected chi connectivity index (χ0v) is 19.0. The molecule has 0 saturated carbocycles. The summed E-state index contributed by atoms with van der Waals surface area (Å²) in [7, 11) is 0. The minimum atomic E-state index is -0.637. The number of para-hydroxylation sites is 1. The van der Waals surface area contributed by atoms with E-state index in [1.807, 2.05) is 0 Å². The van der Waals surface area contributed by atoms with E-state index in [1.54, 1.807) is 49.4 Å². The number of halogens is 2. The van der Waals surface area contributed by atoms with Crippen LogP contribution >= 0.6 is 39.7 Å². The number of allylic oxidation sites excluding steroid dienone is 1. The lowest BCUT2D eigenvalue weighted by atomic mass is 9.94. The highest BCUT2D eigenvalue weighted by Crippen LogP contribution is 2.36. The maximum Gasteiger partial charge on any atom is 0.255 e. The van der Waals surface area contributed by atoms with Gasteiger partial charge < -0.3 is 26.4 Å². The number of hydrogen-bond donors (Lipinski definition) is 4. The van der Waals surface area contributed by atoms with E-state index in [0.717, 1.165) is 4.47 Å². The highest BCUT2D eigenvalue weighted by atomic mass is 79.9. The van der Waals surface area contributed by atoms with Gasteiger partial charge in [-0.3, -0.25) is 9.59 Å². The minimum Gasteiger partial charge on any atom is -0.483 e. The number of primary amides is 1. The molecule has 1 heterocycles. The number of ether oxygens (including phenoxy) is 1. The fourth-order valence-corrected chi connectivity index (χ4v) is 3.84. The Hall–Kier alpha value is -2.62. The number of carbonyl (C=O) groups is 2. The van der Waals surface area contributed by atoms with E-state index in [4.69, 9.17) is 34.3 Å². The number of amides is 2. The van der Waals surface area contributed by atoms with Crippen LogP contribution in [0.2, 0.25) is 5.02 Å². The van der Waals surface area contributed by atoms with Crippen LogP contribution in [0.5, 0.6) is 5.75 Å². The Morgan fingerprint density at radius 3 is 2.73 bits per heavy atom. The standard InChI is InChI=1S/C20H18BrClN4O3S/c1-10-17(19(28)25-14-5-3-2-4-13(14)22)18(26-20(30)24-10)12-8-11(21)6-7-15(12)29-9-16(23)27/h2-8,18H,9H2,1H3,(H2,23,27)(H,25,28)(H2,24,26,30). The van der Waals surface area contributed by atoms with Crippen molar-refractivity contribution in [1.29, 1.82) is 0 Å². The maximum absolute atomic E-state index is 13.2. The van der Waals surface area contributed by atoms with Crippen molar-refractivity contribution < 1.29 is 14.3 Å². The van der Waals surface area contributed by atoms with Crippen LogP contribution in [0.25, 0.3) is 0 Å². The van der Waals surface area contributed by atoms with Crippen molar-refractivity contribution in [2.24, 2.45) is 5.73 Å². The van der Waals surface area contributed by atoms with Crippen LogP contribution in [0.3, 0.4) is 0 Å². The molecule has 0 aliphatic carbocycles. The van der Waals surface area contributed by atoms with Crippen molar-refractivity contribution in [3.05, 3.63) is 68.8 Å². The van der Waals surface area contributed by atoms with Crippen LogP contribution in [-0.4, -0.2) is 23.5 Å². The van der Waals surface area contributed by atoms with Gasteiger partial charge in [0.05, 0.1) is 22.3 Å². The molecule has 0 spiro atoms. The molecule has 30 heavy (non-hydrogen) atoms. The van der Waals surface area contributed by atoms with Crippen molar-refractivity contribution in [3.8, 4) is 5.75 Å². The van der Waals surface area contributed by atoms with Crippen molar-refractivity contribution in [1.82, 2.24) is 10.6 Å². The second-order valence-electron chi connectivity index (χ2n) is 6.44. The van der Waals surface area contributed by atoms with Gasteiger partial charge in [0.15, 0.2) is 11.7 Å². The van der Waals surface area contributed by atoms with Crippen LogP contribution in [0.15, 0.2) is 58.2 Å². The smallest absolute Gasteiger partial charge is 0.255 e. The van der Waals surface area contributed by atoms with Gasteiger partial charge in [-0.05, 0) is 49.5 Å². The van der Waals surface area contributed by atoms with Gasteiger partial charge in [-0.25, -0.2) is 0 Å². The van der Waals surface area contributed by atoms with Gasteiger partial charge in [-0.2, -0.15) is 0 Å². The summed E-state index contributed by atoms with van der Waals surface area (Å²) in [5.41, 5.74) is 7.28. The molecular formula is C20H18BrClN4O3S. The number of benzene rings is 2. The Morgan fingerprint density at radius 1 is 1.30 bits per heavy atom. The van der Waals surface area contributed by atoms with Gasteiger partial charge in [-0.1, -0.05) is 39.7 Å². The van der Waals surface area contributed by atoms with Gasteiger partial charge in [0.25, 0.3) is 11.8 Å². The van der Waals surface area contributed by atoms with Crippen LogP contribution in [0.1, 0.15) is 18.5 Å². The minimum absolute atomic E-state index is 0.298. The summed E-state index contributed by atoms with van der Waals surface area (Å²) in [5, 5.41) is 9.68. The number of hydrogen-bond acceptors (Lipinski definition) is 4. The summed E-state index contributed by atoms with van der Waals surface area (Å²) < 4.78 is 6.33. The molecule has 7 nitrogen and oxygen atoms in total. The average Bonchev–Trinajstić information content (AvgIpc) is 2.68. The van der Waals surface area contributed by atoms with E-state index >= 15 is 0 Å². The topological polar surface area (TPSA) is 105 Å². The zero-order chi connectivity index (χ0) is 21.8. The second-order valence-corrected chi connectivity index (χ2v) is 8.17. The van der Waals surface area contributed by atoms with Crippen molar-refractivity contribution in [3.63, 3.8) is 0 Å². The quantitative estimate of drug-likeness (QED) is 0.445. The fourth-order valence-electron chi connectivity index (χ4n) is 3.01. The first kappa shape index (κ1) is 22.1. The molecule has 1 atom stereocenters. The van der Waals surface area contributed by atoms with Crippen molar-refractivity contribution in [2.45, 2.75) is 13.0 Å². The highest BCUT2D eigenvalue weighted by molar-refractivity contribution is 9.10.